The second kappa shape index (κ2) is 5.17. The van der Waals surface area contributed by atoms with E-state index in [4.69, 9.17) is 4.42 Å². The van der Waals surface area contributed by atoms with Crippen LogP contribution in [0.5, 0.6) is 0 Å². The highest BCUT2D eigenvalue weighted by Crippen LogP contribution is 2.31. The molecule has 6 nitrogen and oxygen atoms in total. The van der Waals surface area contributed by atoms with E-state index >= 15 is 0 Å². The first-order valence-corrected chi connectivity index (χ1v) is 6.98. The number of oxazole rings is 1. The van der Waals surface area contributed by atoms with Crippen LogP contribution in [-0.2, 0) is 0 Å². The first kappa shape index (κ1) is 13.6. The fourth-order valence-electron chi connectivity index (χ4n) is 1.89. The molecule has 2 heterocycles. The summed E-state index contributed by atoms with van der Waals surface area (Å²) in [6, 6.07) is 7.34. The van der Waals surface area contributed by atoms with Crippen molar-refractivity contribution in [3.8, 4) is 0 Å². The zero-order valence-electron chi connectivity index (χ0n) is 11.3. The third kappa shape index (κ3) is 2.47. The SMILES string of the molecule is Cc1nnc(Sc2nc3ccccc3o2)c(C(=O)O)c1C. The van der Waals surface area contributed by atoms with E-state index in [-0.39, 0.29) is 10.6 Å². The molecule has 0 fully saturated rings. The maximum absolute atomic E-state index is 11.4. The van der Waals surface area contributed by atoms with Crippen LogP contribution in [0.2, 0.25) is 0 Å². The lowest BCUT2D eigenvalue weighted by Crippen LogP contribution is -2.08. The summed E-state index contributed by atoms with van der Waals surface area (Å²) in [5.41, 5.74) is 2.68. The van der Waals surface area contributed by atoms with E-state index in [2.05, 4.69) is 15.2 Å². The Kier molecular flexibility index (Phi) is 3.34. The van der Waals surface area contributed by atoms with Crippen LogP contribution in [0.15, 0.2) is 38.9 Å². The van der Waals surface area contributed by atoms with E-state index in [1.54, 1.807) is 19.9 Å². The molecule has 0 unspecified atom stereocenters. The van der Waals surface area contributed by atoms with Gasteiger partial charge < -0.3 is 9.52 Å². The fourth-order valence-corrected chi connectivity index (χ4v) is 2.75. The van der Waals surface area contributed by atoms with Crippen LogP contribution in [0.4, 0.5) is 0 Å². The van der Waals surface area contributed by atoms with E-state index in [1.807, 2.05) is 18.2 Å². The highest BCUT2D eigenvalue weighted by molar-refractivity contribution is 7.99. The smallest absolute Gasteiger partial charge is 0.338 e. The molecule has 7 heteroatoms. The molecule has 1 aromatic carbocycles. The molecular formula is C14H11N3O3S. The molecular weight excluding hydrogens is 290 g/mol. The van der Waals surface area contributed by atoms with Crippen molar-refractivity contribution < 1.29 is 14.3 Å². The first-order valence-electron chi connectivity index (χ1n) is 6.17. The van der Waals surface area contributed by atoms with Gasteiger partial charge in [-0.05, 0) is 43.3 Å². The third-order valence-corrected chi connectivity index (χ3v) is 3.92. The molecule has 0 aliphatic rings. The number of nitrogens with zero attached hydrogens (tertiary/aromatic N) is 3. The van der Waals surface area contributed by atoms with Crippen molar-refractivity contribution in [2.75, 3.05) is 0 Å². The number of benzene rings is 1. The van der Waals surface area contributed by atoms with Gasteiger partial charge in [0, 0.05) is 0 Å². The van der Waals surface area contributed by atoms with Gasteiger partial charge in [0.1, 0.15) is 10.5 Å². The highest BCUT2D eigenvalue weighted by Gasteiger charge is 2.20. The largest absolute Gasteiger partial charge is 0.478 e. The van der Waals surface area contributed by atoms with Crippen molar-refractivity contribution in [1.29, 1.82) is 0 Å². The number of carbonyl (C=O) groups is 1. The number of rotatable bonds is 3. The molecule has 0 aliphatic heterocycles. The van der Waals surface area contributed by atoms with Gasteiger partial charge >= 0.3 is 5.97 Å². The Morgan fingerprint density at radius 2 is 2.00 bits per heavy atom. The van der Waals surface area contributed by atoms with Gasteiger partial charge in [0.2, 0.25) is 0 Å². The predicted octanol–water partition coefficient (Wildman–Crippen LogP) is 3.08. The molecule has 0 saturated heterocycles. The monoisotopic (exact) mass is 301 g/mol. The highest BCUT2D eigenvalue weighted by atomic mass is 32.2. The lowest BCUT2D eigenvalue weighted by molar-refractivity contribution is 0.0690. The maximum Gasteiger partial charge on any atom is 0.338 e. The minimum atomic E-state index is -1.04. The number of hydrogen-bond donors (Lipinski definition) is 1. The lowest BCUT2D eigenvalue weighted by Gasteiger charge is -2.06. The summed E-state index contributed by atoms with van der Waals surface area (Å²) in [5, 5.41) is 17.9. The molecule has 0 aliphatic carbocycles. The van der Waals surface area contributed by atoms with Gasteiger partial charge in [0.25, 0.3) is 5.22 Å². The van der Waals surface area contributed by atoms with E-state index in [9.17, 15) is 9.90 Å². The van der Waals surface area contributed by atoms with Crippen LogP contribution < -0.4 is 0 Å². The first-order chi connectivity index (χ1) is 10.1. The van der Waals surface area contributed by atoms with Crippen molar-refractivity contribution in [3.05, 3.63) is 41.1 Å². The van der Waals surface area contributed by atoms with Crippen LogP contribution in [0.25, 0.3) is 11.1 Å². The summed E-state index contributed by atoms with van der Waals surface area (Å²) < 4.78 is 5.57. The van der Waals surface area contributed by atoms with Crippen molar-refractivity contribution in [2.45, 2.75) is 24.1 Å². The number of aromatic nitrogens is 3. The van der Waals surface area contributed by atoms with Crippen molar-refractivity contribution in [1.82, 2.24) is 15.2 Å². The van der Waals surface area contributed by atoms with Crippen LogP contribution in [0.3, 0.4) is 0 Å². The van der Waals surface area contributed by atoms with E-state index in [0.717, 1.165) is 11.8 Å². The number of para-hydroxylation sites is 2. The lowest BCUT2D eigenvalue weighted by atomic mass is 10.1. The Bertz CT molecular complexity index is 812. The molecule has 3 rings (SSSR count). The number of carboxylic acids is 1. The quantitative estimate of drug-likeness (QED) is 0.795. The summed E-state index contributed by atoms with van der Waals surface area (Å²) >= 11 is 1.06. The fraction of sp³-hybridized carbons (Fsp3) is 0.143. The minimum absolute atomic E-state index is 0.134. The van der Waals surface area contributed by atoms with Crippen molar-refractivity contribution >= 4 is 28.8 Å². The van der Waals surface area contributed by atoms with E-state index in [1.165, 1.54) is 0 Å². The van der Waals surface area contributed by atoms with Gasteiger partial charge in [0.15, 0.2) is 5.58 Å². The molecule has 0 radical (unpaired) electrons. The van der Waals surface area contributed by atoms with Gasteiger partial charge in [0.05, 0.1) is 11.3 Å². The van der Waals surface area contributed by atoms with Gasteiger partial charge in [-0.3, -0.25) is 0 Å². The second-order valence-corrected chi connectivity index (χ2v) is 5.39. The number of carboxylic acid groups (broad SMARTS) is 1. The Labute approximate surface area is 124 Å². The zero-order valence-corrected chi connectivity index (χ0v) is 12.1. The molecule has 0 atom stereocenters. The van der Waals surface area contributed by atoms with E-state index in [0.29, 0.717) is 27.6 Å². The molecule has 0 amide bonds. The number of fused-ring (bicyclic) bond motifs is 1. The van der Waals surface area contributed by atoms with Crippen LogP contribution in [0, 0.1) is 13.8 Å². The second-order valence-electron chi connectivity index (χ2n) is 4.45. The molecule has 2 aromatic heterocycles. The van der Waals surface area contributed by atoms with Gasteiger partial charge in [-0.25, -0.2) is 9.78 Å². The average molecular weight is 301 g/mol. The molecule has 0 spiro atoms. The number of hydrogen-bond acceptors (Lipinski definition) is 6. The van der Waals surface area contributed by atoms with Crippen molar-refractivity contribution in [2.24, 2.45) is 0 Å². The normalized spacial score (nSPS) is 11.0. The standard InChI is InChI=1S/C14H11N3O3S/c1-7-8(2)16-17-12(11(7)13(18)19)21-14-15-9-5-3-4-6-10(9)20-14/h3-6H,1-2H3,(H,18,19). The molecule has 21 heavy (non-hydrogen) atoms. The molecule has 1 N–H and O–H groups in total. The topological polar surface area (TPSA) is 89.1 Å². The average Bonchev–Trinajstić information content (AvgIpc) is 2.85. The van der Waals surface area contributed by atoms with Crippen molar-refractivity contribution in [3.63, 3.8) is 0 Å². The molecule has 0 saturated carbocycles. The molecule has 106 valence electrons. The summed E-state index contributed by atoms with van der Waals surface area (Å²) in [7, 11) is 0. The van der Waals surface area contributed by atoms with Gasteiger partial charge in [-0.1, -0.05) is 12.1 Å². The summed E-state index contributed by atoms with van der Waals surface area (Å²) in [4.78, 5) is 15.7. The Hall–Kier alpha value is -2.41. The Morgan fingerprint density at radius 1 is 1.24 bits per heavy atom. The minimum Gasteiger partial charge on any atom is -0.478 e. The van der Waals surface area contributed by atoms with Crippen LogP contribution >= 0.6 is 11.8 Å². The Morgan fingerprint density at radius 3 is 2.71 bits per heavy atom. The number of aryl methyl sites for hydroxylation is 1. The molecule has 3 aromatic rings. The zero-order chi connectivity index (χ0) is 15.0. The van der Waals surface area contributed by atoms with Crippen LogP contribution in [0.1, 0.15) is 21.6 Å². The summed E-state index contributed by atoms with van der Waals surface area (Å²) in [5.74, 6) is -1.04. The van der Waals surface area contributed by atoms with Gasteiger partial charge in [-0.2, -0.15) is 5.10 Å². The summed E-state index contributed by atoms with van der Waals surface area (Å²) in [6.45, 7) is 3.44. The summed E-state index contributed by atoms with van der Waals surface area (Å²) in [6.07, 6.45) is 0. The van der Waals surface area contributed by atoms with Crippen LogP contribution in [-0.4, -0.2) is 26.3 Å². The maximum atomic E-state index is 11.4. The van der Waals surface area contributed by atoms with E-state index < -0.39 is 5.97 Å². The Balaban J connectivity index is 2.05. The molecule has 0 bridgehead atoms. The van der Waals surface area contributed by atoms with Gasteiger partial charge in [-0.15, -0.1) is 5.10 Å². The predicted molar refractivity (Wildman–Crippen MR) is 76.6 cm³/mol. The number of aromatic carboxylic acids is 1. The third-order valence-electron chi connectivity index (χ3n) is 3.09.